The summed E-state index contributed by atoms with van der Waals surface area (Å²) < 4.78 is 9.21. The van der Waals surface area contributed by atoms with Crippen LogP contribution in [-0.4, -0.2) is 34.4 Å². The number of hydrogen-bond acceptors (Lipinski definition) is 5. The van der Waals surface area contributed by atoms with Crippen LogP contribution in [0.15, 0.2) is 174 Å². The Morgan fingerprint density at radius 3 is 1.91 bits per heavy atom. The van der Waals surface area contributed by atoms with Gasteiger partial charge < -0.3 is 4.42 Å². The average molecular weight is 756 g/mol. The summed E-state index contributed by atoms with van der Waals surface area (Å²) in [5, 5.41) is 7.01. The Labute approximate surface area is 316 Å². The number of aromatic nitrogens is 4. The van der Waals surface area contributed by atoms with Crippen molar-refractivity contribution >= 4 is 66.4 Å². The molecule has 0 radical (unpaired) electrons. The van der Waals surface area contributed by atoms with Crippen molar-refractivity contribution in [1.29, 1.82) is 0 Å². The van der Waals surface area contributed by atoms with E-state index in [0.717, 1.165) is 66.0 Å². The third-order valence-electron chi connectivity index (χ3n) is 10.1. The zero-order valence-electron chi connectivity index (χ0n) is 28.8. The Morgan fingerprint density at radius 2 is 1.04 bits per heavy atom. The van der Waals surface area contributed by atoms with Crippen molar-refractivity contribution in [2.45, 2.75) is 0 Å². The molecule has 0 unspecified atom stereocenters. The maximum absolute atomic E-state index is 6.51. The maximum atomic E-state index is 6.51. The third kappa shape index (κ3) is 5.15. The Kier molecular flexibility index (Phi) is 7.12. The van der Waals surface area contributed by atoms with Crippen molar-refractivity contribution in [1.82, 2.24) is 19.9 Å². The molecule has 252 valence electrons. The van der Waals surface area contributed by atoms with E-state index in [4.69, 9.17) is 24.4 Å². The van der Waals surface area contributed by atoms with Crippen LogP contribution in [0.25, 0.3) is 109 Å². The second-order valence-corrected chi connectivity index (χ2v) is 15.6. The normalized spacial score (nSPS) is 11.7. The first-order valence-corrected chi connectivity index (χ1v) is 19.6. The zero-order chi connectivity index (χ0) is 35.6. The minimum absolute atomic E-state index is 0.156. The van der Waals surface area contributed by atoms with Crippen LogP contribution in [-0.2, 0) is 0 Å². The Bertz CT molecular complexity index is 3220. The van der Waals surface area contributed by atoms with Crippen molar-refractivity contribution in [3.8, 4) is 56.7 Å². The molecule has 0 aliphatic carbocycles. The van der Waals surface area contributed by atoms with Gasteiger partial charge in [0, 0.05) is 5.56 Å². The van der Waals surface area contributed by atoms with Gasteiger partial charge in [-0.05, 0) is 23.6 Å². The summed E-state index contributed by atoms with van der Waals surface area (Å²) in [5.41, 5.74) is 7.71. The van der Waals surface area contributed by atoms with Crippen molar-refractivity contribution in [2.75, 3.05) is 0 Å². The van der Waals surface area contributed by atoms with Crippen molar-refractivity contribution in [2.24, 2.45) is 0 Å². The predicted molar refractivity (Wildman–Crippen MR) is 222 cm³/mol. The van der Waals surface area contributed by atoms with Crippen molar-refractivity contribution in [3.05, 3.63) is 170 Å². The standard InChI is InChI=1S/C48H28N4OSe/c1-3-11-31(12-4-1)45-50-46(52-47(51-45)38-19-10-18-37-36-17-7-8-20-41(36)54-44(37)38)35-16-9-15-33(27-35)34-24-22-29-21-23-30-25-26-40-43(42(30)39(29)28-34)53-48(49-40)32-13-5-2-6-14-32/h1-28H. The van der Waals surface area contributed by atoms with Crippen LogP contribution in [0.5, 0.6) is 0 Å². The summed E-state index contributed by atoms with van der Waals surface area (Å²) in [7, 11) is 0. The summed E-state index contributed by atoms with van der Waals surface area (Å²) >= 11 is 0.156. The van der Waals surface area contributed by atoms with E-state index in [2.05, 4.69) is 115 Å². The molecule has 0 saturated heterocycles. The van der Waals surface area contributed by atoms with Crippen LogP contribution in [0.4, 0.5) is 0 Å². The number of fused-ring (bicyclic) bond motifs is 8. The molecule has 6 heteroatoms. The molecule has 0 saturated carbocycles. The summed E-state index contributed by atoms with van der Waals surface area (Å²) in [5.74, 6) is 2.62. The number of nitrogens with zero attached hydrogens (tertiary/aromatic N) is 4. The monoisotopic (exact) mass is 756 g/mol. The number of benzene rings is 8. The van der Waals surface area contributed by atoms with Gasteiger partial charge in [-0.3, -0.25) is 0 Å². The van der Waals surface area contributed by atoms with Crippen LogP contribution < -0.4 is 0 Å². The van der Waals surface area contributed by atoms with Gasteiger partial charge in [0.1, 0.15) is 5.52 Å². The van der Waals surface area contributed by atoms with E-state index in [0.29, 0.717) is 23.4 Å². The fourth-order valence-electron chi connectivity index (χ4n) is 7.51. The van der Waals surface area contributed by atoms with Crippen LogP contribution in [0.1, 0.15) is 0 Å². The molecule has 0 aliphatic heterocycles. The van der Waals surface area contributed by atoms with Crippen LogP contribution in [0, 0.1) is 0 Å². The van der Waals surface area contributed by atoms with E-state index in [9.17, 15) is 0 Å². The molecule has 5 nitrogen and oxygen atoms in total. The molecule has 0 aliphatic rings. The molecule has 8 aromatic carbocycles. The molecule has 11 aromatic rings. The summed E-state index contributed by atoms with van der Waals surface area (Å²) in [6.45, 7) is 0. The van der Waals surface area contributed by atoms with E-state index < -0.39 is 0 Å². The van der Waals surface area contributed by atoms with Gasteiger partial charge >= 0.3 is 225 Å². The number of hydrogen-bond donors (Lipinski definition) is 0. The molecule has 3 heterocycles. The molecule has 0 fully saturated rings. The predicted octanol–water partition coefficient (Wildman–Crippen LogP) is 12.0. The van der Waals surface area contributed by atoms with Gasteiger partial charge in [-0.15, -0.1) is 0 Å². The van der Waals surface area contributed by atoms with E-state index in [1.54, 1.807) is 0 Å². The second-order valence-electron chi connectivity index (χ2n) is 13.4. The first-order chi connectivity index (χ1) is 26.7. The van der Waals surface area contributed by atoms with Gasteiger partial charge in [0.25, 0.3) is 0 Å². The van der Waals surface area contributed by atoms with Gasteiger partial charge in [-0.25, -0.2) is 4.98 Å². The van der Waals surface area contributed by atoms with E-state index in [-0.39, 0.29) is 14.5 Å². The zero-order valence-corrected chi connectivity index (χ0v) is 30.5. The van der Waals surface area contributed by atoms with Crippen molar-refractivity contribution in [3.63, 3.8) is 0 Å². The topological polar surface area (TPSA) is 64.7 Å². The fourth-order valence-corrected chi connectivity index (χ4v) is 10.1. The quantitative estimate of drug-likeness (QED) is 0.129. The second kappa shape index (κ2) is 12.5. The molecule has 3 aromatic heterocycles. The summed E-state index contributed by atoms with van der Waals surface area (Å²) in [6.07, 6.45) is 0. The first kappa shape index (κ1) is 30.9. The molecular formula is C48H28N4OSe. The SMILES string of the molecule is c1ccc(-c2nc(-c3cccc(-c4ccc5ccc6ccc7nc(-c8ccccc8)oc7c6c5c4)c3)nc(-c3cccc4c3[se]c3ccccc34)n2)cc1. The molecule has 0 bridgehead atoms. The van der Waals surface area contributed by atoms with E-state index in [1.165, 1.54) is 19.3 Å². The van der Waals surface area contributed by atoms with E-state index in [1.807, 2.05) is 54.6 Å². The fraction of sp³-hybridized carbons (Fsp3) is 0. The van der Waals surface area contributed by atoms with Crippen molar-refractivity contribution < 1.29 is 4.42 Å². The Balaban J connectivity index is 1.07. The average Bonchev–Trinajstić information content (AvgIpc) is 3.86. The third-order valence-corrected chi connectivity index (χ3v) is 12.7. The van der Waals surface area contributed by atoms with Gasteiger partial charge in [0.15, 0.2) is 5.58 Å². The van der Waals surface area contributed by atoms with Crippen LogP contribution in [0.3, 0.4) is 0 Å². The van der Waals surface area contributed by atoms with Crippen LogP contribution in [0.2, 0.25) is 0 Å². The number of oxazole rings is 1. The Morgan fingerprint density at radius 1 is 0.407 bits per heavy atom. The molecule has 0 N–H and O–H groups in total. The van der Waals surface area contributed by atoms with Gasteiger partial charge in [-0.1, -0.05) is 36.4 Å². The molecule has 0 amide bonds. The Hall–Kier alpha value is -6.72. The van der Waals surface area contributed by atoms with E-state index >= 15 is 0 Å². The first-order valence-electron chi connectivity index (χ1n) is 17.9. The molecule has 11 rings (SSSR count). The number of rotatable bonds is 5. The summed E-state index contributed by atoms with van der Waals surface area (Å²) in [6, 6.07) is 59.1. The minimum atomic E-state index is 0.156. The summed E-state index contributed by atoms with van der Waals surface area (Å²) in [4.78, 5) is 20.2. The van der Waals surface area contributed by atoms with Gasteiger partial charge in [0.2, 0.25) is 5.89 Å². The van der Waals surface area contributed by atoms with Gasteiger partial charge in [-0.2, -0.15) is 0 Å². The molecule has 0 atom stereocenters. The molecule has 54 heavy (non-hydrogen) atoms. The molecular weight excluding hydrogens is 728 g/mol. The molecule has 0 spiro atoms. The van der Waals surface area contributed by atoms with Crippen LogP contribution >= 0.6 is 0 Å². The van der Waals surface area contributed by atoms with Gasteiger partial charge in [0.05, 0.1) is 0 Å².